The van der Waals surface area contributed by atoms with E-state index in [9.17, 15) is 13.2 Å². The maximum Gasteiger partial charge on any atom is 0.342 e. The highest BCUT2D eigenvalue weighted by molar-refractivity contribution is 8.00. The summed E-state index contributed by atoms with van der Waals surface area (Å²) >= 11 is 0. The summed E-state index contributed by atoms with van der Waals surface area (Å²) in [5.41, 5.74) is 2.50. The van der Waals surface area contributed by atoms with Gasteiger partial charge >= 0.3 is 5.97 Å². The van der Waals surface area contributed by atoms with E-state index in [1.807, 2.05) is 24.3 Å². The van der Waals surface area contributed by atoms with Crippen LogP contribution < -0.4 is 0 Å². The summed E-state index contributed by atoms with van der Waals surface area (Å²) in [6, 6.07) is 22.9. The second-order valence-corrected chi connectivity index (χ2v) is 10.2. The van der Waals surface area contributed by atoms with Crippen LogP contribution in [0.25, 0.3) is 11.0 Å². The van der Waals surface area contributed by atoms with E-state index in [1.54, 1.807) is 66.7 Å². The summed E-state index contributed by atoms with van der Waals surface area (Å²) in [4.78, 5) is 12.8. The molecule has 32 heavy (non-hydrogen) atoms. The van der Waals surface area contributed by atoms with Gasteiger partial charge in [-0.05, 0) is 53.3 Å². The fourth-order valence-electron chi connectivity index (χ4n) is 3.89. The number of fused-ring (bicyclic) bond motifs is 1. The number of hydrogen-bond acceptors (Lipinski definition) is 4. The minimum absolute atomic E-state index is 0.227. The summed E-state index contributed by atoms with van der Waals surface area (Å²) in [6.45, 7) is 4.19. The van der Waals surface area contributed by atoms with E-state index in [0.29, 0.717) is 23.1 Å². The number of sulfone groups is 1. The van der Waals surface area contributed by atoms with Gasteiger partial charge in [0.05, 0.1) is 21.6 Å². The molecule has 4 rings (SSSR count). The number of rotatable bonds is 5. The SMILES string of the molecule is CC1(C)CC=C(S(=O)(=O)c2ccccc2)c2c(C=COC(=O)c3ccccc3)cccc21. The van der Waals surface area contributed by atoms with Crippen LogP contribution in [0, 0.1) is 0 Å². The Balaban J connectivity index is 1.74. The van der Waals surface area contributed by atoms with Crippen molar-refractivity contribution in [2.24, 2.45) is 0 Å². The van der Waals surface area contributed by atoms with Crippen LogP contribution in [0.3, 0.4) is 0 Å². The molecule has 0 heterocycles. The summed E-state index contributed by atoms with van der Waals surface area (Å²) in [5, 5.41) is 0. The molecule has 0 aliphatic heterocycles. The Labute approximate surface area is 188 Å². The number of ether oxygens (including phenoxy) is 1. The van der Waals surface area contributed by atoms with Gasteiger partial charge in [0.15, 0.2) is 0 Å². The normalized spacial score (nSPS) is 15.1. The first-order valence-corrected chi connectivity index (χ1v) is 11.9. The quantitative estimate of drug-likeness (QED) is 0.357. The third-order valence-corrected chi connectivity index (χ3v) is 7.49. The second-order valence-electron chi connectivity index (χ2n) is 8.32. The molecule has 0 atom stereocenters. The Hall–Kier alpha value is -3.44. The smallest absolute Gasteiger partial charge is 0.342 e. The zero-order chi connectivity index (χ0) is 22.8. The van der Waals surface area contributed by atoms with Crippen molar-refractivity contribution in [3.8, 4) is 0 Å². The fourth-order valence-corrected chi connectivity index (χ4v) is 5.46. The lowest BCUT2D eigenvalue weighted by Gasteiger charge is -2.33. The third kappa shape index (κ3) is 4.16. The Kier molecular flexibility index (Phi) is 5.85. The van der Waals surface area contributed by atoms with Crippen molar-refractivity contribution in [2.45, 2.75) is 30.6 Å². The van der Waals surface area contributed by atoms with Crippen LogP contribution in [-0.4, -0.2) is 14.4 Å². The largest absolute Gasteiger partial charge is 0.431 e. The van der Waals surface area contributed by atoms with Gasteiger partial charge in [0.1, 0.15) is 0 Å². The Morgan fingerprint density at radius 1 is 0.906 bits per heavy atom. The molecule has 4 nitrogen and oxygen atoms in total. The van der Waals surface area contributed by atoms with Crippen LogP contribution in [0.1, 0.15) is 47.3 Å². The summed E-state index contributed by atoms with van der Waals surface area (Å²) in [5.74, 6) is -0.473. The maximum absolute atomic E-state index is 13.5. The molecule has 0 saturated carbocycles. The van der Waals surface area contributed by atoms with Crippen LogP contribution in [-0.2, 0) is 20.0 Å². The molecular formula is C27H24O4S. The highest BCUT2D eigenvalue weighted by Gasteiger charge is 2.34. The van der Waals surface area contributed by atoms with Gasteiger partial charge in [-0.2, -0.15) is 0 Å². The molecule has 0 spiro atoms. The van der Waals surface area contributed by atoms with Crippen molar-refractivity contribution in [1.29, 1.82) is 0 Å². The number of esters is 1. The van der Waals surface area contributed by atoms with Crippen molar-refractivity contribution in [1.82, 2.24) is 0 Å². The van der Waals surface area contributed by atoms with E-state index in [-0.39, 0.29) is 15.2 Å². The maximum atomic E-state index is 13.5. The van der Waals surface area contributed by atoms with Crippen LogP contribution in [0.15, 0.2) is 96.1 Å². The lowest BCUT2D eigenvalue weighted by molar-refractivity contribution is 0.0665. The predicted molar refractivity (Wildman–Crippen MR) is 127 cm³/mol. The standard InChI is InChI=1S/C27H24O4S/c1-27(2)18-16-24(32(29,30)22-13-7-4-8-14-22)25-20(12-9-15-23(25)27)17-19-31-26(28)21-10-5-3-6-11-21/h3-17,19H,18H2,1-2H3. The molecule has 1 aliphatic carbocycles. The molecule has 162 valence electrons. The monoisotopic (exact) mass is 444 g/mol. The van der Waals surface area contributed by atoms with E-state index in [0.717, 1.165) is 5.56 Å². The van der Waals surface area contributed by atoms with Crippen molar-refractivity contribution >= 4 is 26.8 Å². The minimum atomic E-state index is -3.71. The summed E-state index contributed by atoms with van der Waals surface area (Å²) in [6.07, 6.45) is 5.38. The first-order valence-electron chi connectivity index (χ1n) is 10.4. The van der Waals surface area contributed by atoms with Crippen LogP contribution in [0.4, 0.5) is 0 Å². The zero-order valence-electron chi connectivity index (χ0n) is 18.0. The van der Waals surface area contributed by atoms with E-state index in [1.165, 1.54) is 6.26 Å². The lowest BCUT2D eigenvalue weighted by atomic mass is 9.74. The van der Waals surface area contributed by atoms with E-state index in [2.05, 4.69) is 13.8 Å². The molecule has 1 aliphatic rings. The average Bonchev–Trinajstić information content (AvgIpc) is 2.80. The van der Waals surface area contributed by atoms with E-state index < -0.39 is 15.8 Å². The number of allylic oxidation sites excluding steroid dienone is 1. The molecule has 0 saturated heterocycles. The molecule has 0 bridgehead atoms. The van der Waals surface area contributed by atoms with Gasteiger partial charge in [0.2, 0.25) is 9.84 Å². The Morgan fingerprint density at radius 3 is 2.25 bits per heavy atom. The van der Waals surface area contributed by atoms with Crippen LogP contribution in [0.5, 0.6) is 0 Å². The van der Waals surface area contributed by atoms with Crippen molar-refractivity contribution in [3.63, 3.8) is 0 Å². The first kappa shape index (κ1) is 21.8. The van der Waals surface area contributed by atoms with Gasteiger partial charge in [-0.25, -0.2) is 13.2 Å². The molecule has 0 aromatic heterocycles. The van der Waals surface area contributed by atoms with Crippen LogP contribution in [0.2, 0.25) is 0 Å². The molecule has 3 aromatic rings. The predicted octanol–water partition coefficient (Wildman–Crippen LogP) is 6.01. The summed E-state index contributed by atoms with van der Waals surface area (Å²) < 4.78 is 32.3. The van der Waals surface area contributed by atoms with Gasteiger partial charge in [-0.3, -0.25) is 0 Å². The van der Waals surface area contributed by atoms with Gasteiger partial charge in [0, 0.05) is 5.56 Å². The zero-order valence-corrected chi connectivity index (χ0v) is 18.8. The minimum Gasteiger partial charge on any atom is -0.431 e. The number of benzene rings is 3. The van der Waals surface area contributed by atoms with Gasteiger partial charge in [-0.1, -0.05) is 74.5 Å². The van der Waals surface area contributed by atoms with Crippen molar-refractivity contribution in [3.05, 3.63) is 113 Å². The fraction of sp³-hybridized carbons (Fsp3) is 0.148. The molecule has 3 aromatic carbocycles. The van der Waals surface area contributed by atoms with Crippen molar-refractivity contribution in [2.75, 3.05) is 0 Å². The lowest BCUT2D eigenvalue weighted by Crippen LogP contribution is -2.24. The van der Waals surface area contributed by atoms with Crippen LogP contribution >= 0.6 is 0 Å². The molecule has 0 fully saturated rings. The molecular weight excluding hydrogens is 420 g/mol. The third-order valence-electron chi connectivity index (χ3n) is 5.65. The van der Waals surface area contributed by atoms with Crippen molar-refractivity contribution < 1.29 is 17.9 Å². The molecule has 0 radical (unpaired) electrons. The average molecular weight is 445 g/mol. The van der Waals surface area contributed by atoms with E-state index >= 15 is 0 Å². The first-order chi connectivity index (χ1) is 15.3. The van der Waals surface area contributed by atoms with Gasteiger partial charge in [0.25, 0.3) is 0 Å². The van der Waals surface area contributed by atoms with Gasteiger partial charge in [-0.15, -0.1) is 0 Å². The second kappa shape index (κ2) is 8.60. The van der Waals surface area contributed by atoms with E-state index in [4.69, 9.17) is 4.74 Å². The van der Waals surface area contributed by atoms with Gasteiger partial charge < -0.3 is 4.74 Å². The topological polar surface area (TPSA) is 60.4 Å². The number of carbonyl (C=O) groups excluding carboxylic acids is 1. The molecule has 0 unspecified atom stereocenters. The Bertz CT molecular complexity index is 1300. The summed E-state index contributed by atoms with van der Waals surface area (Å²) in [7, 11) is -3.71. The number of carbonyl (C=O) groups is 1. The number of hydrogen-bond donors (Lipinski definition) is 0. The molecule has 5 heteroatoms. The molecule has 0 N–H and O–H groups in total. The highest BCUT2D eigenvalue weighted by atomic mass is 32.2. The Morgan fingerprint density at radius 2 is 1.56 bits per heavy atom. The molecule has 0 amide bonds. The highest BCUT2D eigenvalue weighted by Crippen LogP contribution is 2.44.